The number of sulfonamides is 1. The number of carbonyl (C=O) groups excluding carboxylic acids is 1. The summed E-state index contributed by atoms with van der Waals surface area (Å²) in [4.78, 5) is 11.2. The van der Waals surface area contributed by atoms with Gasteiger partial charge in [-0.2, -0.15) is 0 Å². The van der Waals surface area contributed by atoms with Crippen LogP contribution in [0.5, 0.6) is 11.5 Å². The molecule has 23 heavy (non-hydrogen) atoms. The predicted octanol–water partition coefficient (Wildman–Crippen LogP) is 2.70. The minimum Gasteiger partial charge on any atom is -0.506 e. The molecule has 0 aromatic heterocycles. The lowest BCUT2D eigenvalue weighted by Gasteiger charge is -2.17. The number of aromatic hydroxyl groups is 1. The highest BCUT2D eigenvalue weighted by molar-refractivity contribution is 7.92. The van der Waals surface area contributed by atoms with Crippen molar-refractivity contribution in [2.75, 3.05) is 4.72 Å². The summed E-state index contributed by atoms with van der Waals surface area (Å²) in [6.07, 6.45) is 0.624. The predicted molar refractivity (Wildman–Crippen MR) is 84.3 cm³/mol. The molecule has 2 aromatic rings. The van der Waals surface area contributed by atoms with E-state index in [1.54, 1.807) is 0 Å². The van der Waals surface area contributed by atoms with Gasteiger partial charge in [0, 0.05) is 5.02 Å². The van der Waals surface area contributed by atoms with Crippen LogP contribution in [0.2, 0.25) is 5.02 Å². The van der Waals surface area contributed by atoms with Crippen molar-refractivity contribution in [2.45, 2.75) is 17.7 Å². The number of nitrogens with one attached hydrogen (secondary N) is 1. The van der Waals surface area contributed by atoms with Crippen LogP contribution < -0.4 is 9.46 Å². The smallest absolute Gasteiger partial charge is 0.311 e. The lowest BCUT2D eigenvalue weighted by molar-refractivity contribution is -0.135. The van der Waals surface area contributed by atoms with Gasteiger partial charge in [0.2, 0.25) is 0 Å². The van der Waals surface area contributed by atoms with Gasteiger partial charge in [-0.1, -0.05) is 11.6 Å². The molecule has 0 amide bonds. The van der Waals surface area contributed by atoms with Crippen LogP contribution >= 0.6 is 11.6 Å². The molecule has 1 heterocycles. The van der Waals surface area contributed by atoms with E-state index < -0.39 is 10.0 Å². The van der Waals surface area contributed by atoms with Crippen LogP contribution in [-0.2, 0) is 21.2 Å². The molecule has 1 aliphatic rings. The molecule has 0 spiro atoms. The fourth-order valence-electron chi connectivity index (χ4n) is 2.22. The standard InChI is InChI=1S/C15H12ClNO5S/c16-10-2-4-13(18)12(8-10)17-23(20,21)11-3-5-14-9(7-11)1-6-15(19)22-14/h2-5,7-8,17-18H,1,6H2. The second-order valence-electron chi connectivity index (χ2n) is 5.01. The summed E-state index contributed by atoms with van der Waals surface area (Å²) >= 11 is 5.81. The van der Waals surface area contributed by atoms with Gasteiger partial charge < -0.3 is 9.84 Å². The second-order valence-corrected chi connectivity index (χ2v) is 7.13. The number of aryl methyl sites for hydroxylation is 1. The largest absolute Gasteiger partial charge is 0.506 e. The van der Waals surface area contributed by atoms with Crippen molar-refractivity contribution >= 4 is 33.3 Å². The maximum Gasteiger partial charge on any atom is 0.311 e. The van der Waals surface area contributed by atoms with Crippen LogP contribution in [-0.4, -0.2) is 19.5 Å². The fourth-order valence-corrected chi connectivity index (χ4v) is 3.51. The molecule has 0 aliphatic carbocycles. The Morgan fingerprint density at radius 2 is 1.91 bits per heavy atom. The number of fused-ring (bicyclic) bond motifs is 1. The van der Waals surface area contributed by atoms with E-state index in [0.29, 0.717) is 17.7 Å². The zero-order chi connectivity index (χ0) is 16.6. The van der Waals surface area contributed by atoms with Crippen molar-refractivity contribution in [2.24, 2.45) is 0 Å². The van der Waals surface area contributed by atoms with Crippen LogP contribution in [0.15, 0.2) is 41.3 Å². The van der Waals surface area contributed by atoms with Crippen molar-refractivity contribution in [1.29, 1.82) is 0 Å². The molecule has 0 bridgehead atoms. The van der Waals surface area contributed by atoms with Crippen molar-refractivity contribution in [3.63, 3.8) is 0 Å². The Morgan fingerprint density at radius 3 is 2.70 bits per heavy atom. The molecule has 1 aliphatic heterocycles. The normalized spacial score (nSPS) is 14.0. The van der Waals surface area contributed by atoms with Crippen molar-refractivity contribution in [1.82, 2.24) is 0 Å². The molecule has 2 N–H and O–H groups in total. The molecule has 0 atom stereocenters. The van der Waals surface area contributed by atoms with Crippen molar-refractivity contribution in [3.05, 3.63) is 47.0 Å². The van der Waals surface area contributed by atoms with E-state index in [-0.39, 0.29) is 33.7 Å². The Morgan fingerprint density at radius 1 is 1.13 bits per heavy atom. The first-order valence-corrected chi connectivity index (χ1v) is 8.56. The SMILES string of the molecule is O=C1CCc2cc(S(=O)(=O)Nc3cc(Cl)ccc3O)ccc2O1. The zero-order valence-corrected chi connectivity index (χ0v) is 13.3. The third-order valence-corrected chi connectivity index (χ3v) is 4.97. The number of halogens is 1. The number of phenols is 1. The Bertz CT molecular complexity index is 895. The second kappa shape index (κ2) is 5.75. The number of anilines is 1. The van der Waals surface area contributed by atoms with E-state index >= 15 is 0 Å². The summed E-state index contributed by atoms with van der Waals surface area (Å²) in [6, 6.07) is 8.29. The van der Waals surface area contributed by atoms with Gasteiger partial charge in [-0.05, 0) is 48.4 Å². The fraction of sp³-hybridized carbons (Fsp3) is 0.133. The van der Waals surface area contributed by atoms with Gasteiger partial charge in [-0.3, -0.25) is 9.52 Å². The number of esters is 1. The minimum atomic E-state index is -3.91. The van der Waals surface area contributed by atoms with E-state index in [4.69, 9.17) is 16.3 Å². The van der Waals surface area contributed by atoms with Crippen LogP contribution in [0.25, 0.3) is 0 Å². The number of phenolic OH excluding ortho intramolecular Hbond substituents is 1. The van der Waals surface area contributed by atoms with Gasteiger partial charge in [0.05, 0.1) is 17.0 Å². The third kappa shape index (κ3) is 3.25. The quantitative estimate of drug-likeness (QED) is 0.503. The van der Waals surface area contributed by atoms with Crippen LogP contribution in [0.3, 0.4) is 0 Å². The molecule has 0 unspecified atom stereocenters. The van der Waals surface area contributed by atoms with Crippen LogP contribution in [0.4, 0.5) is 5.69 Å². The first-order chi connectivity index (χ1) is 10.8. The molecule has 0 saturated carbocycles. The summed E-state index contributed by atoms with van der Waals surface area (Å²) in [7, 11) is -3.91. The Labute approximate surface area is 137 Å². The number of benzene rings is 2. The minimum absolute atomic E-state index is 0.00794. The van der Waals surface area contributed by atoms with Crippen LogP contribution in [0, 0.1) is 0 Å². The first kappa shape index (κ1) is 15.6. The molecule has 2 aromatic carbocycles. The summed E-state index contributed by atoms with van der Waals surface area (Å²) < 4.78 is 32.2. The maximum atomic E-state index is 12.4. The van der Waals surface area contributed by atoms with Crippen molar-refractivity contribution in [3.8, 4) is 11.5 Å². The molecule has 6 nitrogen and oxygen atoms in total. The lowest BCUT2D eigenvalue weighted by Crippen LogP contribution is -2.18. The van der Waals surface area contributed by atoms with Gasteiger partial charge in [0.15, 0.2) is 0 Å². The molecule has 0 saturated heterocycles. The number of ether oxygens (including phenoxy) is 1. The summed E-state index contributed by atoms with van der Waals surface area (Å²) in [5, 5.41) is 10.0. The van der Waals surface area contributed by atoms with E-state index in [2.05, 4.69) is 4.72 Å². The van der Waals surface area contributed by atoms with Crippen LogP contribution in [0.1, 0.15) is 12.0 Å². The molecular weight excluding hydrogens is 342 g/mol. The topological polar surface area (TPSA) is 92.7 Å². The van der Waals surface area contributed by atoms with Gasteiger partial charge in [-0.15, -0.1) is 0 Å². The summed E-state index contributed by atoms with van der Waals surface area (Å²) in [5.41, 5.74) is 0.629. The monoisotopic (exact) mass is 353 g/mol. The highest BCUT2D eigenvalue weighted by Gasteiger charge is 2.22. The average molecular weight is 354 g/mol. The van der Waals surface area contributed by atoms with Gasteiger partial charge in [0.25, 0.3) is 10.0 Å². The summed E-state index contributed by atoms with van der Waals surface area (Å²) in [5.74, 6) is -0.203. The summed E-state index contributed by atoms with van der Waals surface area (Å²) in [6.45, 7) is 0. The number of carbonyl (C=O) groups is 1. The highest BCUT2D eigenvalue weighted by Crippen LogP contribution is 2.31. The molecule has 8 heteroatoms. The number of hydrogen-bond acceptors (Lipinski definition) is 5. The lowest BCUT2D eigenvalue weighted by atomic mass is 10.1. The Kier molecular flexibility index (Phi) is 3.91. The molecule has 0 radical (unpaired) electrons. The first-order valence-electron chi connectivity index (χ1n) is 6.70. The van der Waals surface area contributed by atoms with Crippen molar-refractivity contribution < 1.29 is 23.1 Å². The van der Waals surface area contributed by atoms with E-state index in [1.807, 2.05) is 0 Å². The third-order valence-electron chi connectivity index (χ3n) is 3.37. The maximum absolute atomic E-state index is 12.4. The van der Waals surface area contributed by atoms with E-state index in [1.165, 1.54) is 36.4 Å². The molecule has 0 fully saturated rings. The van der Waals surface area contributed by atoms with Gasteiger partial charge >= 0.3 is 5.97 Å². The Balaban J connectivity index is 1.94. The number of hydrogen-bond donors (Lipinski definition) is 2. The van der Waals surface area contributed by atoms with Gasteiger partial charge in [-0.25, -0.2) is 8.42 Å². The van der Waals surface area contributed by atoms with E-state index in [9.17, 15) is 18.3 Å². The average Bonchev–Trinajstić information content (AvgIpc) is 2.50. The molecular formula is C15H12ClNO5S. The number of rotatable bonds is 3. The zero-order valence-electron chi connectivity index (χ0n) is 11.7. The highest BCUT2D eigenvalue weighted by atomic mass is 35.5. The molecule has 120 valence electrons. The van der Waals surface area contributed by atoms with E-state index in [0.717, 1.165) is 0 Å². The Hall–Kier alpha value is -2.25. The van der Waals surface area contributed by atoms with Gasteiger partial charge in [0.1, 0.15) is 11.5 Å². The molecule has 3 rings (SSSR count).